The van der Waals surface area contributed by atoms with Gasteiger partial charge in [-0.25, -0.2) is 17.5 Å². The average Bonchev–Trinajstić information content (AvgIpc) is 2.36. The molecule has 4 nitrogen and oxygen atoms in total. The van der Waals surface area contributed by atoms with Gasteiger partial charge in [-0.15, -0.1) is 0 Å². The molecule has 1 aromatic carbocycles. The van der Waals surface area contributed by atoms with Crippen molar-refractivity contribution in [2.75, 3.05) is 25.2 Å². The van der Waals surface area contributed by atoms with E-state index in [-0.39, 0.29) is 13.2 Å². The molecule has 1 aromatic rings. The Bertz CT molecular complexity index is 591. The number of aliphatic hydroxyl groups is 1. The smallest absolute Gasteiger partial charge is 0.243 e. The highest BCUT2D eigenvalue weighted by molar-refractivity contribution is 7.98. The average molecular weight is 303 g/mol. The van der Waals surface area contributed by atoms with Crippen molar-refractivity contribution in [1.29, 1.82) is 0 Å². The second-order valence-electron chi connectivity index (χ2n) is 3.50. The summed E-state index contributed by atoms with van der Waals surface area (Å²) >= 11 is 1.49. The van der Waals surface area contributed by atoms with Crippen molar-refractivity contribution in [2.45, 2.75) is 4.90 Å². The zero-order valence-electron chi connectivity index (χ0n) is 10.3. The quantitative estimate of drug-likeness (QED) is 0.624. The molecule has 0 bridgehead atoms. The van der Waals surface area contributed by atoms with Crippen LogP contribution in [0.1, 0.15) is 5.56 Å². The Kier molecular flexibility index (Phi) is 6.31. The monoisotopic (exact) mass is 303 g/mol. The first kappa shape index (κ1) is 16.0. The standard InChI is InChI=1S/C12H14FNO3S2/c1-18-8-6-14-19(16,17)12-5-4-10(3-2-7-15)9-11(12)13/h4-5,9,14-15H,6-8H2,1H3. The predicted octanol–water partition coefficient (Wildman–Crippen LogP) is 0.811. The van der Waals surface area contributed by atoms with Gasteiger partial charge in [0.1, 0.15) is 17.3 Å². The van der Waals surface area contributed by atoms with Crippen LogP contribution in [0.2, 0.25) is 0 Å². The maximum atomic E-state index is 13.7. The number of hydrogen-bond donors (Lipinski definition) is 2. The number of thioether (sulfide) groups is 1. The summed E-state index contributed by atoms with van der Waals surface area (Å²) in [6.45, 7) is -0.0904. The molecule has 0 saturated heterocycles. The summed E-state index contributed by atoms with van der Waals surface area (Å²) in [4.78, 5) is -0.400. The molecule has 0 aromatic heterocycles. The fraction of sp³-hybridized carbons (Fsp3) is 0.333. The molecular weight excluding hydrogens is 289 g/mol. The van der Waals surface area contributed by atoms with Crippen LogP contribution in [0.5, 0.6) is 0 Å². The van der Waals surface area contributed by atoms with E-state index in [2.05, 4.69) is 16.6 Å². The van der Waals surface area contributed by atoms with Crippen LogP contribution < -0.4 is 4.72 Å². The molecule has 2 N–H and O–H groups in total. The minimum Gasteiger partial charge on any atom is -0.384 e. The number of halogens is 1. The van der Waals surface area contributed by atoms with E-state index in [0.717, 1.165) is 12.1 Å². The fourth-order valence-corrected chi connectivity index (χ4v) is 2.82. The molecule has 0 amide bonds. The lowest BCUT2D eigenvalue weighted by molar-refractivity contribution is 0.350. The molecular formula is C12H14FNO3S2. The summed E-state index contributed by atoms with van der Waals surface area (Å²) in [5.41, 5.74) is 0.314. The topological polar surface area (TPSA) is 66.4 Å². The molecule has 0 fully saturated rings. The second kappa shape index (κ2) is 7.50. The normalized spacial score (nSPS) is 10.9. The van der Waals surface area contributed by atoms with Gasteiger partial charge in [-0.05, 0) is 24.5 Å². The van der Waals surface area contributed by atoms with Crippen LogP contribution in [-0.4, -0.2) is 38.7 Å². The Morgan fingerprint density at radius 2 is 2.21 bits per heavy atom. The van der Waals surface area contributed by atoms with Crippen LogP contribution in [0.15, 0.2) is 23.1 Å². The van der Waals surface area contributed by atoms with E-state index >= 15 is 0 Å². The molecule has 0 aliphatic heterocycles. The van der Waals surface area contributed by atoms with Crippen LogP contribution in [0.25, 0.3) is 0 Å². The number of hydrogen-bond acceptors (Lipinski definition) is 4. The van der Waals surface area contributed by atoms with E-state index in [1.165, 1.54) is 17.8 Å². The Balaban J connectivity index is 2.95. The number of nitrogens with one attached hydrogen (secondary N) is 1. The van der Waals surface area contributed by atoms with E-state index in [4.69, 9.17) is 5.11 Å². The third-order valence-corrected chi connectivity index (χ3v) is 4.24. The molecule has 1 rings (SSSR count). The molecule has 0 aliphatic rings. The summed E-state index contributed by atoms with van der Waals surface area (Å²) in [5, 5.41) is 8.53. The lowest BCUT2D eigenvalue weighted by Gasteiger charge is -2.07. The summed E-state index contributed by atoms with van der Waals surface area (Å²) < 4.78 is 39.7. The number of benzene rings is 1. The maximum Gasteiger partial charge on any atom is 0.243 e. The largest absolute Gasteiger partial charge is 0.384 e. The minimum atomic E-state index is -3.84. The summed E-state index contributed by atoms with van der Waals surface area (Å²) in [7, 11) is -3.84. The van der Waals surface area contributed by atoms with Crippen molar-refractivity contribution in [2.24, 2.45) is 0 Å². The number of aliphatic hydroxyl groups excluding tert-OH is 1. The van der Waals surface area contributed by atoms with Crippen molar-refractivity contribution in [1.82, 2.24) is 4.72 Å². The Morgan fingerprint density at radius 1 is 1.47 bits per heavy atom. The Labute approximate surface area is 116 Å². The van der Waals surface area contributed by atoms with Gasteiger partial charge >= 0.3 is 0 Å². The summed E-state index contributed by atoms with van der Waals surface area (Å²) in [5.74, 6) is 4.62. The third kappa shape index (κ3) is 4.84. The van der Waals surface area contributed by atoms with Gasteiger partial charge in [0.15, 0.2) is 0 Å². The second-order valence-corrected chi connectivity index (χ2v) is 6.22. The van der Waals surface area contributed by atoms with Crippen molar-refractivity contribution < 1.29 is 17.9 Å². The van der Waals surface area contributed by atoms with Crippen molar-refractivity contribution in [3.05, 3.63) is 29.6 Å². The first-order valence-corrected chi connectivity index (χ1v) is 8.27. The Morgan fingerprint density at radius 3 is 2.79 bits per heavy atom. The van der Waals surface area contributed by atoms with E-state index in [9.17, 15) is 12.8 Å². The third-order valence-electron chi connectivity index (χ3n) is 2.13. The SMILES string of the molecule is CSCCNS(=O)(=O)c1ccc(C#CCO)cc1F. The van der Waals surface area contributed by atoms with E-state index in [1.54, 1.807) is 0 Å². The fourth-order valence-electron chi connectivity index (χ4n) is 1.29. The predicted molar refractivity (Wildman–Crippen MR) is 73.9 cm³/mol. The molecule has 0 saturated carbocycles. The molecule has 7 heteroatoms. The van der Waals surface area contributed by atoms with Gasteiger partial charge < -0.3 is 5.11 Å². The zero-order chi connectivity index (χ0) is 14.3. The molecule has 0 spiro atoms. The molecule has 0 aliphatic carbocycles. The Hall–Kier alpha value is -1.07. The molecule has 0 unspecified atom stereocenters. The van der Waals surface area contributed by atoms with E-state index < -0.39 is 20.7 Å². The first-order chi connectivity index (χ1) is 9.01. The van der Waals surface area contributed by atoms with Gasteiger partial charge in [0.25, 0.3) is 0 Å². The highest BCUT2D eigenvalue weighted by Crippen LogP contribution is 2.15. The summed E-state index contributed by atoms with van der Waals surface area (Å²) in [6, 6.07) is 3.60. The maximum absolute atomic E-state index is 13.7. The minimum absolute atomic E-state index is 0.245. The molecule has 19 heavy (non-hydrogen) atoms. The number of sulfonamides is 1. The first-order valence-electron chi connectivity index (χ1n) is 5.39. The highest BCUT2D eigenvalue weighted by Gasteiger charge is 2.18. The molecule has 0 heterocycles. The highest BCUT2D eigenvalue weighted by atomic mass is 32.2. The molecule has 104 valence electrons. The van der Waals surface area contributed by atoms with Crippen molar-refractivity contribution in [3.8, 4) is 11.8 Å². The molecule has 0 atom stereocenters. The van der Waals surface area contributed by atoms with Crippen molar-refractivity contribution in [3.63, 3.8) is 0 Å². The van der Waals surface area contributed by atoms with Crippen LogP contribution >= 0.6 is 11.8 Å². The van der Waals surface area contributed by atoms with Crippen LogP contribution in [0.3, 0.4) is 0 Å². The van der Waals surface area contributed by atoms with Crippen LogP contribution in [-0.2, 0) is 10.0 Å². The zero-order valence-corrected chi connectivity index (χ0v) is 11.9. The van der Waals surface area contributed by atoms with Crippen LogP contribution in [0.4, 0.5) is 4.39 Å². The van der Waals surface area contributed by atoms with Gasteiger partial charge in [0.05, 0.1) is 0 Å². The van der Waals surface area contributed by atoms with E-state index in [0.29, 0.717) is 11.3 Å². The lowest BCUT2D eigenvalue weighted by Crippen LogP contribution is -2.26. The van der Waals surface area contributed by atoms with Crippen molar-refractivity contribution >= 4 is 21.8 Å². The number of rotatable bonds is 5. The van der Waals surface area contributed by atoms with E-state index in [1.807, 2.05) is 6.26 Å². The van der Waals surface area contributed by atoms with Gasteiger partial charge in [0.2, 0.25) is 10.0 Å². The summed E-state index contributed by atoms with van der Waals surface area (Å²) in [6.07, 6.45) is 1.85. The molecule has 0 radical (unpaired) electrons. The van der Waals surface area contributed by atoms with Gasteiger partial charge in [-0.1, -0.05) is 11.8 Å². The van der Waals surface area contributed by atoms with Crippen LogP contribution in [0, 0.1) is 17.7 Å². The van der Waals surface area contributed by atoms with Gasteiger partial charge in [-0.3, -0.25) is 0 Å². The lowest BCUT2D eigenvalue weighted by atomic mass is 10.2. The van der Waals surface area contributed by atoms with Gasteiger partial charge in [0, 0.05) is 17.9 Å². The van der Waals surface area contributed by atoms with Gasteiger partial charge in [-0.2, -0.15) is 11.8 Å².